The number of nitrogens with two attached hydrogens (primary N) is 1. The first-order chi connectivity index (χ1) is 8.61. The molecular formula is C14H22N2O2. The summed E-state index contributed by atoms with van der Waals surface area (Å²) in [5.41, 5.74) is 6.04. The van der Waals surface area contributed by atoms with Crippen LogP contribution in [0.5, 0.6) is 5.75 Å². The summed E-state index contributed by atoms with van der Waals surface area (Å²) in [7, 11) is 0. The van der Waals surface area contributed by atoms with Crippen molar-refractivity contribution >= 4 is 5.91 Å². The molecule has 1 aromatic rings. The second-order valence-electron chi connectivity index (χ2n) is 4.51. The van der Waals surface area contributed by atoms with Gasteiger partial charge in [0.25, 0.3) is 0 Å². The monoisotopic (exact) mass is 250 g/mol. The third-order valence-corrected chi connectivity index (χ3v) is 2.58. The Bertz CT molecular complexity index is 363. The van der Waals surface area contributed by atoms with Gasteiger partial charge in [0.1, 0.15) is 5.75 Å². The van der Waals surface area contributed by atoms with Crippen molar-refractivity contribution in [1.29, 1.82) is 0 Å². The average molecular weight is 250 g/mol. The van der Waals surface area contributed by atoms with Gasteiger partial charge in [0, 0.05) is 12.5 Å². The van der Waals surface area contributed by atoms with Crippen LogP contribution in [-0.2, 0) is 11.2 Å². The fourth-order valence-corrected chi connectivity index (χ4v) is 1.59. The van der Waals surface area contributed by atoms with Crippen LogP contribution in [0.3, 0.4) is 0 Å². The molecule has 0 aliphatic heterocycles. The second kappa shape index (κ2) is 7.71. The molecule has 0 heterocycles. The van der Waals surface area contributed by atoms with Gasteiger partial charge in [-0.05, 0) is 24.2 Å². The van der Waals surface area contributed by atoms with Gasteiger partial charge in [-0.15, -0.1) is 0 Å². The van der Waals surface area contributed by atoms with E-state index in [1.54, 1.807) is 0 Å². The Labute approximate surface area is 109 Å². The molecule has 1 unspecified atom stereocenters. The van der Waals surface area contributed by atoms with E-state index in [9.17, 15) is 4.79 Å². The van der Waals surface area contributed by atoms with Crippen molar-refractivity contribution in [3.63, 3.8) is 0 Å². The number of hydrogen-bond donors (Lipinski definition) is 2. The minimum absolute atomic E-state index is 0.275. The summed E-state index contributed by atoms with van der Waals surface area (Å²) in [4.78, 5) is 10.8. The largest absolute Gasteiger partial charge is 0.493 e. The lowest BCUT2D eigenvalue weighted by atomic mass is 10.1. The van der Waals surface area contributed by atoms with Gasteiger partial charge >= 0.3 is 0 Å². The predicted molar refractivity (Wildman–Crippen MR) is 72.5 cm³/mol. The number of nitrogens with one attached hydrogen (secondary N) is 1. The van der Waals surface area contributed by atoms with Gasteiger partial charge in [-0.25, -0.2) is 0 Å². The summed E-state index contributed by atoms with van der Waals surface area (Å²) in [6, 6.07) is 7.49. The zero-order valence-corrected chi connectivity index (χ0v) is 11.1. The van der Waals surface area contributed by atoms with E-state index in [0.717, 1.165) is 24.4 Å². The summed E-state index contributed by atoms with van der Waals surface area (Å²) >= 11 is 0. The Morgan fingerprint density at radius 3 is 2.61 bits per heavy atom. The molecule has 1 amide bonds. The Morgan fingerprint density at radius 1 is 1.39 bits per heavy atom. The maximum atomic E-state index is 10.8. The molecule has 0 bridgehead atoms. The minimum Gasteiger partial charge on any atom is -0.493 e. The van der Waals surface area contributed by atoms with Crippen LogP contribution in [0.25, 0.3) is 0 Å². The number of rotatable bonds is 8. The van der Waals surface area contributed by atoms with E-state index in [1.807, 2.05) is 24.3 Å². The Kier molecular flexibility index (Phi) is 6.22. The zero-order valence-electron chi connectivity index (χ0n) is 11.1. The minimum atomic E-state index is -0.317. The molecule has 100 valence electrons. The molecule has 0 aliphatic rings. The molecule has 0 saturated carbocycles. The summed E-state index contributed by atoms with van der Waals surface area (Å²) in [6.07, 6.45) is 0.275. The summed E-state index contributed by atoms with van der Waals surface area (Å²) < 4.78 is 5.67. The highest BCUT2D eigenvalue weighted by Crippen LogP contribution is 2.13. The Morgan fingerprint density at radius 2 is 2.06 bits per heavy atom. The number of carbonyl (C=O) groups is 1. The molecule has 0 aliphatic carbocycles. The van der Waals surface area contributed by atoms with E-state index < -0.39 is 0 Å². The van der Waals surface area contributed by atoms with Crippen molar-refractivity contribution in [3.8, 4) is 5.75 Å². The molecule has 0 fully saturated rings. The van der Waals surface area contributed by atoms with Gasteiger partial charge < -0.3 is 15.8 Å². The van der Waals surface area contributed by atoms with Crippen molar-refractivity contribution in [2.45, 2.75) is 20.3 Å². The van der Waals surface area contributed by atoms with Crippen LogP contribution in [-0.4, -0.2) is 25.6 Å². The quantitative estimate of drug-likeness (QED) is 0.731. The third-order valence-electron chi connectivity index (χ3n) is 2.58. The molecule has 0 aromatic heterocycles. The van der Waals surface area contributed by atoms with Crippen LogP contribution in [0, 0.1) is 5.92 Å². The molecular weight excluding hydrogens is 228 g/mol. The average Bonchev–Trinajstić information content (AvgIpc) is 2.35. The lowest BCUT2D eigenvalue weighted by molar-refractivity contribution is -0.117. The third kappa shape index (κ3) is 5.68. The number of amides is 1. The first-order valence-corrected chi connectivity index (χ1v) is 6.32. The van der Waals surface area contributed by atoms with E-state index >= 15 is 0 Å². The van der Waals surface area contributed by atoms with Gasteiger partial charge in [-0.3, -0.25) is 4.79 Å². The number of benzene rings is 1. The van der Waals surface area contributed by atoms with Gasteiger partial charge in [-0.2, -0.15) is 0 Å². The lowest BCUT2D eigenvalue weighted by Gasteiger charge is -2.13. The number of ether oxygens (including phenoxy) is 1. The fraction of sp³-hybridized carbons (Fsp3) is 0.500. The molecule has 18 heavy (non-hydrogen) atoms. The molecule has 1 aromatic carbocycles. The molecule has 4 heteroatoms. The normalized spacial score (nSPS) is 12.1. The maximum absolute atomic E-state index is 10.8. The molecule has 3 N–H and O–H groups in total. The maximum Gasteiger partial charge on any atom is 0.221 e. The second-order valence-corrected chi connectivity index (χ2v) is 4.51. The number of hydrogen-bond acceptors (Lipinski definition) is 3. The van der Waals surface area contributed by atoms with Gasteiger partial charge in [0.2, 0.25) is 5.91 Å². The van der Waals surface area contributed by atoms with Crippen LogP contribution in [0.15, 0.2) is 24.3 Å². The van der Waals surface area contributed by atoms with Gasteiger partial charge in [-0.1, -0.05) is 26.0 Å². The lowest BCUT2D eigenvalue weighted by Crippen LogP contribution is -2.24. The number of primary amides is 1. The van der Waals surface area contributed by atoms with Crippen molar-refractivity contribution in [2.24, 2.45) is 11.7 Å². The fourth-order valence-electron chi connectivity index (χ4n) is 1.59. The Hall–Kier alpha value is -1.55. The van der Waals surface area contributed by atoms with Gasteiger partial charge in [0.15, 0.2) is 0 Å². The van der Waals surface area contributed by atoms with Crippen molar-refractivity contribution in [2.75, 3.05) is 19.7 Å². The predicted octanol–water partition coefficient (Wildman–Crippen LogP) is 1.34. The van der Waals surface area contributed by atoms with E-state index in [4.69, 9.17) is 10.5 Å². The number of carbonyl (C=O) groups excluding carboxylic acids is 1. The van der Waals surface area contributed by atoms with E-state index in [0.29, 0.717) is 12.5 Å². The summed E-state index contributed by atoms with van der Waals surface area (Å²) in [6.45, 7) is 6.85. The molecule has 1 atom stereocenters. The molecule has 4 nitrogen and oxygen atoms in total. The topological polar surface area (TPSA) is 64.3 Å². The summed E-state index contributed by atoms with van der Waals surface area (Å²) in [5.74, 6) is 0.977. The van der Waals surface area contributed by atoms with Crippen LogP contribution >= 0.6 is 0 Å². The highest BCUT2D eigenvalue weighted by Gasteiger charge is 2.03. The summed E-state index contributed by atoms with van der Waals surface area (Å²) in [5, 5.41) is 3.28. The SMILES string of the molecule is CCNCC(C)COc1ccc(CC(N)=O)cc1. The smallest absolute Gasteiger partial charge is 0.221 e. The first kappa shape index (κ1) is 14.5. The molecule has 0 spiro atoms. The zero-order chi connectivity index (χ0) is 13.4. The highest BCUT2D eigenvalue weighted by atomic mass is 16.5. The van der Waals surface area contributed by atoms with E-state index in [1.165, 1.54) is 0 Å². The van der Waals surface area contributed by atoms with E-state index in [-0.39, 0.29) is 12.3 Å². The van der Waals surface area contributed by atoms with E-state index in [2.05, 4.69) is 19.2 Å². The van der Waals surface area contributed by atoms with Crippen molar-refractivity contribution < 1.29 is 9.53 Å². The van der Waals surface area contributed by atoms with Crippen LogP contribution in [0.2, 0.25) is 0 Å². The molecule has 1 rings (SSSR count). The molecule has 0 radical (unpaired) electrons. The first-order valence-electron chi connectivity index (χ1n) is 6.32. The highest BCUT2D eigenvalue weighted by molar-refractivity contribution is 5.76. The Balaban J connectivity index is 2.36. The standard InChI is InChI=1S/C14H22N2O2/c1-3-16-9-11(2)10-18-13-6-4-12(5-7-13)8-14(15)17/h4-7,11,16H,3,8-10H2,1-2H3,(H2,15,17). The van der Waals surface area contributed by atoms with Crippen molar-refractivity contribution in [1.82, 2.24) is 5.32 Å². The van der Waals surface area contributed by atoms with Crippen molar-refractivity contribution in [3.05, 3.63) is 29.8 Å². The van der Waals surface area contributed by atoms with Crippen LogP contribution < -0.4 is 15.8 Å². The van der Waals surface area contributed by atoms with Crippen LogP contribution in [0.4, 0.5) is 0 Å². The van der Waals surface area contributed by atoms with Gasteiger partial charge in [0.05, 0.1) is 13.0 Å². The molecule has 0 saturated heterocycles. The van der Waals surface area contributed by atoms with Crippen LogP contribution in [0.1, 0.15) is 19.4 Å².